The van der Waals surface area contributed by atoms with Crippen LogP contribution >= 0.6 is 0 Å². The third kappa shape index (κ3) is 1.77. The molecule has 0 fully saturated rings. The van der Waals surface area contributed by atoms with Crippen molar-refractivity contribution in [1.29, 1.82) is 0 Å². The minimum Gasteiger partial charge on any atom is -0.364 e. The number of fused-ring (bicyclic) bond motifs is 3. The second-order valence-corrected chi connectivity index (χ2v) is 6.24. The molecular weight excluding hydrogens is 280 g/mol. The summed E-state index contributed by atoms with van der Waals surface area (Å²) in [5.74, 6) is 0. The summed E-state index contributed by atoms with van der Waals surface area (Å²) in [4.78, 5) is 0. The SMILES string of the molecule is COC1(c2c(C)cccc2C)c2ccccc2-c2ccccc21. The minimum absolute atomic E-state index is 0.525. The normalized spacial score (nSPS) is 14.4. The summed E-state index contributed by atoms with van der Waals surface area (Å²) in [6.45, 7) is 4.35. The van der Waals surface area contributed by atoms with Crippen LogP contribution in [0.25, 0.3) is 11.1 Å². The lowest BCUT2D eigenvalue weighted by Gasteiger charge is -2.34. The van der Waals surface area contributed by atoms with Gasteiger partial charge in [-0.25, -0.2) is 0 Å². The van der Waals surface area contributed by atoms with Crippen LogP contribution in [0.15, 0.2) is 66.7 Å². The van der Waals surface area contributed by atoms with Crippen molar-refractivity contribution >= 4 is 0 Å². The van der Waals surface area contributed by atoms with Gasteiger partial charge in [-0.3, -0.25) is 0 Å². The van der Waals surface area contributed by atoms with E-state index in [1.54, 1.807) is 0 Å². The monoisotopic (exact) mass is 300 g/mol. The fraction of sp³-hybridized carbons (Fsp3) is 0.182. The molecule has 1 heteroatoms. The Kier molecular flexibility index (Phi) is 3.14. The van der Waals surface area contributed by atoms with Crippen molar-refractivity contribution in [1.82, 2.24) is 0 Å². The minimum atomic E-state index is -0.525. The molecule has 0 amide bonds. The van der Waals surface area contributed by atoms with Gasteiger partial charge in [0, 0.05) is 18.2 Å². The van der Waals surface area contributed by atoms with Gasteiger partial charge in [0.1, 0.15) is 5.60 Å². The van der Waals surface area contributed by atoms with Gasteiger partial charge in [-0.1, -0.05) is 66.7 Å². The van der Waals surface area contributed by atoms with E-state index >= 15 is 0 Å². The van der Waals surface area contributed by atoms with E-state index < -0.39 is 5.60 Å². The van der Waals surface area contributed by atoms with Gasteiger partial charge in [0.15, 0.2) is 0 Å². The molecule has 114 valence electrons. The molecule has 1 aliphatic rings. The van der Waals surface area contributed by atoms with Crippen molar-refractivity contribution in [3.05, 3.63) is 94.5 Å². The predicted octanol–water partition coefficient (Wildman–Crippen LogP) is 5.22. The van der Waals surface area contributed by atoms with Crippen LogP contribution in [0.1, 0.15) is 27.8 Å². The largest absolute Gasteiger partial charge is 0.364 e. The standard InChI is InChI=1S/C22H20O/c1-15-9-8-10-16(2)21(15)22(23-3)19-13-6-4-11-17(19)18-12-5-7-14-20(18)22/h4-14H,1-3H3. The fourth-order valence-electron chi connectivity index (χ4n) is 4.16. The first-order chi connectivity index (χ1) is 11.2. The summed E-state index contributed by atoms with van der Waals surface area (Å²) >= 11 is 0. The quantitative estimate of drug-likeness (QED) is 0.630. The van der Waals surface area contributed by atoms with Gasteiger partial charge in [0.25, 0.3) is 0 Å². The highest BCUT2D eigenvalue weighted by Crippen LogP contribution is 2.54. The topological polar surface area (TPSA) is 9.23 Å². The van der Waals surface area contributed by atoms with Crippen molar-refractivity contribution in [3.8, 4) is 11.1 Å². The van der Waals surface area contributed by atoms with Crippen LogP contribution in [-0.4, -0.2) is 7.11 Å². The summed E-state index contributed by atoms with van der Waals surface area (Å²) in [7, 11) is 1.82. The summed E-state index contributed by atoms with van der Waals surface area (Å²) in [5.41, 5.74) is 8.28. The molecule has 0 aromatic heterocycles. The van der Waals surface area contributed by atoms with Crippen molar-refractivity contribution in [3.63, 3.8) is 0 Å². The van der Waals surface area contributed by atoms with E-state index in [1.807, 2.05) is 7.11 Å². The predicted molar refractivity (Wildman–Crippen MR) is 94.7 cm³/mol. The Hall–Kier alpha value is -2.38. The van der Waals surface area contributed by atoms with Gasteiger partial charge in [-0.2, -0.15) is 0 Å². The van der Waals surface area contributed by atoms with Crippen LogP contribution < -0.4 is 0 Å². The van der Waals surface area contributed by atoms with Crippen LogP contribution in [0.4, 0.5) is 0 Å². The molecule has 3 aromatic rings. The Bertz CT molecular complexity index is 826. The molecule has 0 aliphatic heterocycles. The van der Waals surface area contributed by atoms with Crippen LogP contribution in [0, 0.1) is 13.8 Å². The number of aryl methyl sites for hydroxylation is 2. The average Bonchev–Trinajstić information content (AvgIpc) is 2.86. The molecule has 3 aromatic carbocycles. The highest BCUT2D eigenvalue weighted by Gasteiger charge is 2.46. The Labute approximate surface area is 137 Å². The van der Waals surface area contributed by atoms with Gasteiger partial charge in [0.05, 0.1) is 0 Å². The highest BCUT2D eigenvalue weighted by atomic mass is 16.5. The molecule has 0 saturated carbocycles. The van der Waals surface area contributed by atoms with Crippen LogP contribution in [0.2, 0.25) is 0 Å². The second-order valence-electron chi connectivity index (χ2n) is 6.24. The number of methoxy groups -OCH3 is 1. The second kappa shape index (κ2) is 5.07. The van der Waals surface area contributed by atoms with Gasteiger partial charge in [-0.05, 0) is 41.7 Å². The van der Waals surface area contributed by atoms with E-state index in [9.17, 15) is 0 Å². The lowest BCUT2D eigenvalue weighted by molar-refractivity contribution is 0.0613. The molecule has 0 heterocycles. The molecule has 0 radical (unpaired) electrons. The first kappa shape index (κ1) is 14.2. The van der Waals surface area contributed by atoms with Crippen molar-refractivity contribution < 1.29 is 4.74 Å². The van der Waals surface area contributed by atoms with Crippen molar-refractivity contribution in [2.45, 2.75) is 19.4 Å². The van der Waals surface area contributed by atoms with Crippen molar-refractivity contribution in [2.24, 2.45) is 0 Å². The molecule has 23 heavy (non-hydrogen) atoms. The van der Waals surface area contributed by atoms with E-state index in [0.29, 0.717) is 0 Å². The number of hydrogen-bond donors (Lipinski definition) is 0. The summed E-state index contributed by atoms with van der Waals surface area (Å²) in [6, 6.07) is 23.7. The Morgan fingerprint density at radius 2 is 1.13 bits per heavy atom. The third-order valence-electron chi connectivity index (χ3n) is 5.04. The molecule has 1 aliphatic carbocycles. The average molecular weight is 300 g/mol. The number of ether oxygens (including phenoxy) is 1. The Morgan fingerprint density at radius 1 is 0.652 bits per heavy atom. The van der Waals surface area contributed by atoms with Crippen LogP contribution in [-0.2, 0) is 10.3 Å². The third-order valence-corrected chi connectivity index (χ3v) is 5.04. The highest BCUT2D eigenvalue weighted by molar-refractivity contribution is 5.83. The molecule has 0 unspecified atom stereocenters. The van der Waals surface area contributed by atoms with E-state index in [1.165, 1.54) is 38.9 Å². The first-order valence-corrected chi connectivity index (χ1v) is 8.01. The molecule has 1 nitrogen and oxygen atoms in total. The number of hydrogen-bond acceptors (Lipinski definition) is 1. The molecule has 0 spiro atoms. The number of benzene rings is 3. The smallest absolute Gasteiger partial charge is 0.145 e. The van der Waals surface area contributed by atoms with E-state index in [-0.39, 0.29) is 0 Å². The van der Waals surface area contributed by atoms with E-state index in [2.05, 4.69) is 80.6 Å². The first-order valence-electron chi connectivity index (χ1n) is 8.01. The molecule has 0 bridgehead atoms. The van der Waals surface area contributed by atoms with Gasteiger partial charge in [0.2, 0.25) is 0 Å². The van der Waals surface area contributed by atoms with E-state index in [4.69, 9.17) is 4.74 Å². The van der Waals surface area contributed by atoms with Crippen molar-refractivity contribution in [2.75, 3.05) is 7.11 Å². The maximum Gasteiger partial charge on any atom is 0.145 e. The summed E-state index contributed by atoms with van der Waals surface area (Å²) in [5, 5.41) is 0. The van der Waals surface area contributed by atoms with E-state index in [0.717, 1.165) is 0 Å². The molecule has 4 rings (SSSR count). The lowest BCUT2D eigenvalue weighted by atomic mass is 9.79. The lowest BCUT2D eigenvalue weighted by Crippen LogP contribution is -2.31. The zero-order valence-corrected chi connectivity index (χ0v) is 13.8. The fourth-order valence-corrected chi connectivity index (χ4v) is 4.16. The Balaban J connectivity index is 2.17. The zero-order valence-electron chi connectivity index (χ0n) is 13.8. The zero-order chi connectivity index (χ0) is 16.0. The molecule has 0 N–H and O–H groups in total. The van der Waals surface area contributed by atoms with Gasteiger partial charge < -0.3 is 4.74 Å². The Morgan fingerprint density at radius 3 is 1.61 bits per heavy atom. The van der Waals surface area contributed by atoms with Gasteiger partial charge >= 0.3 is 0 Å². The molecule has 0 atom stereocenters. The summed E-state index contributed by atoms with van der Waals surface area (Å²) < 4.78 is 6.30. The summed E-state index contributed by atoms with van der Waals surface area (Å²) in [6.07, 6.45) is 0. The van der Waals surface area contributed by atoms with Crippen LogP contribution in [0.3, 0.4) is 0 Å². The maximum absolute atomic E-state index is 6.30. The van der Waals surface area contributed by atoms with Crippen LogP contribution in [0.5, 0.6) is 0 Å². The molecular formula is C22H20O. The maximum atomic E-state index is 6.30. The number of rotatable bonds is 2. The van der Waals surface area contributed by atoms with Gasteiger partial charge in [-0.15, -0.1) is 0 Å². The molecule has 0 saturated heterocycles.